The minimum absolute atomic E-state index is 1.26. The zero-order valence-corrected chi connectivity index (χ0v) is 12.1. The van der Waals surface area contributed by atoms with E-state index in [1.54, 1.807) is 6.08 Å². The van der Waals surface area contributed by atoms with Crippen molar-refractivity contribution in [3.63, 3.8) is 0 Å². The van der Waals surface area contributed by atoms with Crippen LogP contribution in [0.4, 0.5) is 0 Å². The van der Waals surface area contributed by atoms with Crippen molar-refractivity contribution in [2.75, 3.05) is 0 Å². The summed E-state index contributed by atoms with van der Waals surface area (Å²) < 4.78 is 0. The van der Waals surface area contributed by atoms with Gasteiger partial charge in [0.2, 0.25) is 0 Å². The molecular weight excluding hydrogens is 220 g/mol. The molecule has 0 aliphatic carbocycles. The molecule has 0 aliphatic rings. The maximum atomic E-state index is 8.00. The van der Waals surface area contributed by atoms with Gasteiger partial charge in [0.25, 0.3) is 0 Å². The van der Waals surface area contributed by atoms with Crippen molar-refractivity contribution in [1.29, 1.82) is 0 Å². The van der Waals surface area contributed by atoms with Crippen LogP contribution in [0.1, 0.15) is 33.3 Å². The zero-order valence-electron chi connectivity index (χ0n) is 12.1. The van der Waals surface area contributed by atoms with Gasteiger partial charge in [0, 0.05) is 0 Å². The van der Waals surface area contributed by atoms with E-state index < -0.39 is 0 Å². The molecule has 0 N–H and O–H groups in total. The Labute approximate surface area is 113 Å². The molecule has 0 aliphatic heterocycles. The van der Waals surface area contributed by atoms with Gasteiger partial charge in [-0.3, -0.25) is 0 Å². The number of rotatable bonds is 2. The first-order chi connectivity index (χ1) is 8.85. The van der Waals surface area contributed by atoms with Crippen molar-refractivity contribution in [2.24, 2.45) is 0 Å². The van der Waals surface area contributed by atoms with E-state index in [1.165, 1.54) is 5.56 Å². The molecule has 0 radical (unpaired) electrons. The summed E-state index contributed by atoms with van der Waals surface area (Å²) in [7, 11) is 0. The second-order valence-corrected chi connectivity index (χ2v) is 2.67. The van der Waals surface area contributed by atoms with Gasteiger partial charge in [-0.15, -0.1) is 0 Å². The van der Waals surface area contributed by atoms with Gasteiger partial charge >= 0.3 is 0 Å². The van der Waals surface area contributed by atoms with Crippen molar-refractivity contribution >= 4 is 12.9 Å². The van der Waals surface area contributed by atoms with Crippen molar-refractivity contribution in [3.05, 3.63) is 66.8 Å². The van der Waals surface area contributed by atoms with Crippen molar-refractivity contribution in [2.45, 2.75) is 27.7 Å². The highest BCUT2D eigenvalue weighted by atomic mass is 16.1. The first-order valence-corrected chi connectivity index (χ1v) is 6.05. The van der Waals surface area contributed by atoms with E-state index in [0.29, 0.717) is 0 Å². The molecule has 0 bridgehead atoms. The Balaban J connectivity index is -0.000000215. The summed E-state index contributed by atoms with van der Waals surface area (Å²) in [5.41, 5.74) is 1.26. The SMILES string of the molecule is C/C=C\c1ccccc1.C=C/C=C\C.C=O.CC. The molecule has 0 fully saturated rings. The lowest BCUT2D eigenvalue weighted by molar-refractivity contribution is -0.0979. The van der Waals surface area contributed by atoms with Gasteiger partial charge in [0.15, 0.2) is 0 Å². The Hall–Kier alpha value is -1.89. The number of hydrogen-bond donors (Lipinski definition) is 0. The van der Waals surface area contributed by atoms with Gasteiger partial charge in [-0.1, -0.05) is 81.1 Å². The van der Waals surface area contributed by atoms with Crippen LogP contribution in [-0.4, -0.2) is 6.79 Å². The van der Waals surface area contributed by atoms with Crippen LogP contribution in [0.5, 0.6) is 0 Å². The Morgan fingerprint density at radius 2 is 1.44 bits per heavy atom. The first-order valence-electron chi connectivity index (χ1n) is 6.05. The lowest BCUT2D eigenvalue weighted by Gasteiger charge is -1.86. The van der Waals surface area contributed by atoms with E-state index in [-0.39, 0.29) is 0 Å². The molecule has 1 aromatic rings. The monoisotopic (exact) mass is 246 g/mol. The van der Waals surface area contributed by atoms with E-state index in [0.717, 1.165) is 0 Å². The summed E-state index contributed by atoms with van der Waals surface area (Å²) in [6.45, 7) is 13.4. The molecule has 1 nitrogen and oxygen atoms in total. The average molecular weight is 246 g/mol. The highest BCUT2D eigenvalue weighted by Crippen LogP contribution is 1.99. The summed E-state index contributed by atoms with van der Waals surface area (Å²) in [6, 6.07) is 10.3. The van der Waals surface area contributed by atoms with Gasteiger partial charge in [0.05, 0.1) is 0 Å². The summed E-state index contributed by atoms with van der Waals surface area (Å²) in [6.07, 6.45) is 9.70. The maximum Gasteiger partial charge on any atom is 0.106 e. The number of carbonyl (C=O) groups excluding carboxylic acids is 1. The molecule has 1 rings (SSSR count). The normalized spacial score (nSPS) is 8.22. The van der Waals surface area contributed by atoms with Crippen molar-refractivity contribution < 1.29 is 4.79 Å². The molecule has 0 heterocycles. The third-order valence-electron chi connectivity index (χ3n) is 1.49. The van der Waals surface area contributed by atoms with Gasteiger partial charge in [0.1, 0.15) is 6.79 Å². The van der Waals surface area contributed by atoms with Crippen LogP contribution in [0.3, 0.4) is 0 Å². The number of carbonyl (C=O) groups is 1. The molecule has 0 saturated heterocycles. The molecule has 0 unspecified atom stereocenters. The predicted molar refractivity (Wildman–Crippen MR) is 84.6 cm³/mol. The standard InChI is InChI=1S/C9H10.C5H8.C2H6.CH2O/c1-2-6-9-7-4-3-5-8-9;1-3-5-4-2;2*1-2/h2-8H,1H3;3-5H,1H2,2H3;1-2H3;1H2/b6-2-;5-4-;;. The van der Waals surface area contributed by atoms with Crippen LogP contribution in [0.2, 0.25) is 0 Å². The third-order valence-corrected chi connectivity index (χ3v) is 1.49. The topological polar surface area (TPSA) is 17.1 Å². The van der Waals surface area contributed by atoms with E-state index in [1.807, 2.05) is 70.9 Å². The van der Waals surface area contributed by atoms with E-state index >= 15 is 0 Å². The highest BCUT2D eigenvalue weighted by Gasteiger charge is 1.77. The molecule has 1 aromatic carbocycles. The van der Waals surface area contributed by atoms with Crippen molar-refractivity contribution in [1.82, 2.24) is 0 Å². The molecule has 0 spiro atoms. The van der Waals surface area contributed by atoms with Gasteiger partial charge < -0.3 is 4.79 Å². The van der Waals surface area contributed by atoms with Gasteiger partial charge in [-0.05, 0) is 19.4 Å². The maximum absolute atomic E-state index is 8.00. The van der Waals surface area contributed by atoms with Crippen LogP contribution < -0.4 is 0 Å². The summed E-state index contributed by atoms with van der Waals surface area (Å²) in [5, 5.41) is 0. The van der Waals surface area contributed by atoms with E-state index in [2.05, 4.69) is 24.8 Å². The minimum Gasteiger partial charge on any atom is -0.307 e. The summed E-state index contributed by atoms with van der Waals surface area (Å²) in [5.74, 6) is 0. The zero-order chi connectivity index (χ0) is 14.6. The molecule has 0 atom stereocenters. The Morgan fingerprint density at radius 3 is 1.72 bits per heavy atom. The molecule has 0 amide bonds. The Kier molecular flexibility index (Phi) is 29.0. The third kappa shape index (κ3) is 19.6. The predicted octanol–water partition coefficient (Wildman–Crippen LogP) is 5.31. The van der Waals surface area contributed by atoms with Crippen LogP contribution >= 0.6 is 0 Å². The average Bonchev–Trinajstić information content (AvgIpc) is 2.46. The van der Waals surface area contributed by atoms with Crippen molar-refractivity contribution in [3.8, 4) is 0 Å². The molecule has 100 valence electrons. The molecular formula is C17H26O. The smallest absolute Gasteiger partial charge is 0.106 e. The van der Waals surface area contributed by atoms with E-state index in [4.69, 9.17) is 4.79 Å². The van der Waals surface area contributed by atoms with Gasteiger partial charge in [-0.2, -0.15) is 0 Å². The van der Waals surface area contributed by atoms with Crippen LogP contribution in [0.15, 0.2) is 61.2 Å². The number of benzene rings is 1. The first kappa shape index (κ1) is 21.4. The van der Waals surface area contributed by atoms with E-state index in [9.17, 15) is 0 Å². The molecule has 1 heteroatoms. The number of allylic oxidation sites excluding steroid dienone is 4. The minimum atomic E-state index is 1.26. The fraction of sp³-hybridized carbons (Fsp3) is 0.235. The summed E-state index contributed by atoms with van der Waals surface area (Å²) >= 11 is 0. The second-order valence-electron chi connectivity index (χ2n) is 2.67. The largest absolute Gasteiger partial charge is 0.307 e. The lowest BCUT2D eigenvalue weighted by atomic mass is 10.2. The summed E-state index contributed by atoms with van der Waals surface area (Å²) in [4.78, 5) is 8.00. The second kappa shape index (κ2) is 24.4. The van der Waals surface area contributed by atoms with Gasteiger partial charge in [-0.25, -0.2) is 0 Å². The van der Waals surface area contributed by atoms with Crippen LogP contribution in [-0.2, 0) is 4.79 Å². The lowest BCUT2D eigenvalue weighted by Crippen LogP contribution is -1.65. The highest BCUT2D eigenvalue weighted by molar-refractivity contribution is 5.47. The van der Waals surface area contributed by atoms with Crippen LogP contribution in [0.25, 0.3) is 6.08 Å². The quantitative estimate of drug-likeness (QED) is 0.646. The molecule has 0 aromatic heterocycles. The molecule has 0 saturated carbocycles. The molecule has 18 heavy (non-hydrogen) atoms. The van der Waals surface area contributed by atoms with Crippen LogP contribution in [0, 0.1) is 0 Å². The number of hydrogen-bond acceptors (Lipinski definition) is 1. The fourth-order valence-corrected chi connectivity index (χ4v) is 0.893. The Morgan fingerprint density at radius 1 is 0.944 bits per heavy atom. The fourth-order valence-electron chi connectivity index (χ4n) is 0.893. The Bertz CT molecular complexity index is 297.